The lowest BCUT2D eigenvalue weighted by molar-refractivity contribution is -0.870. The van der Waals surface area contributed by atoms with Crippen molar-refractivity contribution in [1.82, 2.24) is 0 Å². The van der Waals surface area contributed by atoms with Crippen LogP contribution in [0.3, 0.4) is 0 Å². The lowest BCUT2D eigenvalue weighted by Crippen LogP contribution is -2.37. The number of esters is 1. The third-order valence-electron chi connectivity index (χ3n) is 9.83. The molecule has 0 aliphatic heterocycles. The lowest BCUT2D eigenvalue weighted by Gasteiger charge is -2.28. The summed E-state index contributed by atoms with van der Waals surface area (Å²) in [6, 6.07) is 0. The second kappa shape index (κ2) is 41.9. The van der Waals surface area contributed by atoms with Crippen molar-refractivity contribution < 1.29 is 37.3 Å². The maximum atomic E-state index is 12.7. The normalized spacial score (nSPS) is 14.2. The van der Waals surface area contributed by atoms with Crippen LogP contribution in [0.2, 0.25) is 0 Å². The van der Waals surface area contributed by atoms with Crippen LogP contribution < -0.4 is 4.89 Å². The fourth-order valence-corrected chi connectivity index (χ4v) is 6.96. The number of ether oxygens (including phenoxy) is 2. The summed E-state index contributed by atoms with van der Waals surface area (Å²) >= 11 is 0. The summed E-state index contributed by atoms with van der Waals surface area (Å²) in [5.74, 6) is -0.389. The van der Waals surface area contributed by atoms with Gasteiger partial charge in [0, 0.05) is 13.0 Å². The van der Waals surface area contributed by atoms with Gasteiger partial charge >= 0.3 is 5.97 Å². The summed E-state index contributed by atoms with van der Waals surface area (Å²) < 4.78 is 34.6. The summed E-state index contributed by atoms with van der Waals surface area (Å²) in [6.45, 7) is 5.23. The third-order valence-corrected chi connectivity index (χ3v) is 10.8. The lowest BCUT2D eigenvalue weighted by atomic mass is 10.0. The van der Waals surface area contributed by atoms with E-state index in [1.807, 2.05) is 21.1 Å². The van der Waals surface area contributed by atoms with E-state index in [2.05, 4.69) is 74.6 Å². The molecule has 0 radical (unpaired) electrons. The molecule has 0 fully saturated rings. The van der Waals surface area contributed by atoms with Gasteiger partial charge in [0.25, 0.3) is 7.82 Å². The molecule has 0 rings (SSSR count). The Kier molecular flexibility index (Phi) is 40.6. The number of hydrogen-bond donors (Lipinski definition) is 0. The summed E-state index contributed by atoms with van der Waals surface area (Å²) in [4.78, 5) is 25.1. The number of quaternary nitrogens is 1. The van der Waals surface area contributed by atoms with Gasteiger partial charge in [-0.25, -0.2) is 0 Å². The topological polar surface area (TPSA) is 94.1 Å². The second-order valence-corrected chi connectivity index (χ2v) is 18.2. The highest BCUT2D eigenvalue weighted by molar-refractivity contribution is 7.45. The molecule has 0 aliphatic rings. The van der Waals surface area contributed by atoms with Crippen LogP contribution in [-0.4, -0.2) is 70.7 Å². The molecule has 0 saturated carbocycles. The first kappa shape index (κ1) is 56.2. The van der Waals surface area contributed by atoms with Gasteiger partial charge in [0.15, 0.2) is 0 Å². The molecule has 0 aromatic rings. The van der Waals surface area contributed by atoms with Gasteiger partial charge in [0.05, 0.1) is 34.4 Å². The van der Waals surface area contributed by atoms with Gasteiger partial charge in [-0.1, -0.05) is 190 Å². The molecule has 58 heavy (non-hydrogen) atoms. The van der Waals surface area contributed by atoms with Crippen molar-refractivity contribution in [2.45, 2.75) is 193 Å². The molecule has 0 bridgehead atoms. The van der Waals surface area contributed by atoms with Crippen molar-refractivity contribution in [3.05, 3.63) is 60.8 Å². The molecule has 0 heterocycles. The van der Waals surface area contributed by atoms with Gasteiger partial charge in [-0.2, -0.15) is 0 Å². The molecule has 0 amide bonds. The van der Waals surface area contributed by atoms with Crippen LogP contribution in [-0.2, 0) is 27.9 Å². The predicted molar refractivity (Wildman–Crippen MR) is 245 cm³/mol. The van der Waals surface area contributed by atoms with Crippen LogP contribution >= 0.6 is 7.82 Å². The standard InChI is InChI=1S/C49H90NO7P/c1-6-8-10-12-14-16-18-20-22-24-25-27-29-31-33-35-37-39-41-44-54-46-48(47-56-58(52,53)55-45-43-50(3,4)5)57-49(51)42-40-38-36-34-32-30-28-26-23-21-19-17-15-13-11-9-7-2/h9,11,15,17,21,23,28,30,34,36,48H,6-8,10,12-14,16,18-20,22,24-27,29,31-33,35,37-47H2,1-5H3/b11-9-,17-15-,23-21-,30-28-,36-34-. The summed E-state index contributed by atoms with van der Waals surface area (Å²) in [7, 11) is 1.32. The van der Waals surface area contributed by atoms with Crippen LogP contribution in [0.15, 0.2) is 60.8 Å². The number of phosphoric ester groups is 1. The highest BCUT2D eigenvalue weighted by Gasteiger charge is 2.20. The molecule has 0 saturated heterocycles. The van der Waals surface area contributed by atoms with Crippen molar-refractivity contribution in [3.63, 3.8) is 0 Å². The first-order chi connectivity index (χ1) is 28.1. The zero-order valence-electron chi connectivity index (χ0n) is 38.2. The van der Waals surface area contributed by atoms with E-state index in [0.717, 1.165) is 51.4 Å². The quantitative estimate of drug-likeness (QED) is 0.0198. The zero-order valence-corrected chi connectivity index (χ0v) is 39.1. The molecule has 0 N–H and O–H groups in total. The smallest absolute Gasteiger partial charge is 0.306 e. The Hall–Kier alpha value is -1.80. The first-order valence-corrected chi connectivity index (χ1v) is 25.0. The van der Waals surface area contributed by atoms with Gasteiger partial charge in [0.2, 0.25) is 0 Å². The molecule has 0 aliphatic carbocycles. The molecule has 0 aromatic carbocycles. The van der Waals surface area contributed by atoms with E-state index in [-0.39, 0.29) is 32.2 Å². The van der Waals surface area contributed by atoms with Crippen LogP contribution in [0, 0.1) is 0 Å². The third kappa shape index (κ3) is 45.3. The summed E-state index contributed by atoms with van der Waals surface area (Å²) in [5.41, 5.74) is 0. The Labute approximate surface area is 358 Å². The Morgan fingerprint density at radius 2 is 0.983 bits per heavy atom. The van der Waals surface area contributed by atoms with Crippen molar-refractivity contribution in [2.24, 2.45) is 0 Å². The molecular formula is C49H90NO7P. The Morgan fingerprint density at radius 3 is 1.43 bits per heavy atom. The summed E-state index contributed by atoms with van der Waals surface area (Å²) in [6.07, 6.45) is 52.5. The molecular weight excluding hydrogens is 746 g/mol. The Morgan fingerprint density at radius 1 is 0.552 bits per heavy atom. The number of allylic oxidation sites excluding steroid dienone is 10. The predicted octanol–water partition coefficient (Wildman–Crippen LogP) is 13.5. The van der Waals surface area contributed by atoms with Gasteiger partial charge in [0.1, 0.15) is 19.3 Å². The highest BCUT2D eigenvalue weighted by atomic mass is 31.2. The van der Waals surface area contributed by atoms with E-state index >= 15 is 0 Å². The maximum Gasteiger partial charge on any atom is 0.306 e. The van der Waals surface area contributed by atoms with Gasteiger partial charge in [-0.3, -0.25) is 9.36 Å². The first-order valence-electron chi connectivity index (χ1n) is 23.5. The average Bonchev–Trinajstić information content (AvgIpc) is 3.18. The fourth-order valence-electron chi connectivity index (χ4n) is 6.23. The number of rotatable bonds is 43. The minimum Gasteiger partial charge on any atom is -0.756 e. The molecule has 338 valence electrons. The molecule has 0 aromatic heterocycles. The van der Waals surface area contributed by atoms with Crippen LogP contribution in [0.4, 0.5) is 0 Å². The van der Waals surface area contributed by atoms with Crippen molar-refractivity contribution >= 4 is 13.8 Å². The van der Waals surface area contributed by atoms with Crippen LogP contribution in [0.1, 0.15) is 187 Å². The van der Waals surface area contributed by atoms with Crippen molar-refractivity contribution in [2.75, 3.05) is 54.1 Å². The van der Waals surface area contributed by atoms with Gasteiger partial charge < -0.3 is 27.9 Å². The number of nitrogens with zero attached hydrogens (tertiary/aromatic N) is 1. The Bertz CT molecular complexity index is 1110. The number of hydrogen-bond acceptors (Lipinski definition) is 7. The van der Waals surface area contributed by atoms with Crippen molar-refractivity contribution in [3.8, 4) is 0 Å². The van der Waals surface area contributed by atoms with E-state index in [0.29, 0.717) is 24.1 Å². The van der Waals surface area contributed by atoms with E-state index in [9.17, 15) is 14.3 Å². The number of carbonyl (C=O) groups is 1. The highest BCUT2D eigenvalue weighted by Crippen LogP contribution is 2.38. The SMILES string of the molecule is CC/C=C\C/C=C\C/C=C\C/C=C\C/C=C\CCCC(=O)OC(COCCCCCCCCCCCCCCCCCCCCC)COP(=O)([O-])OCC[N+](C)(C)C. The minimum atomic E-state index is -4.54. The largest absolute Gasteiger partial charge is 0.756 e. The van der Waals surface area contributed by atoms with Gasteiger partial charge in [-0.05, 0) is 51.4 Å². The number of phosphoric acid groups is 1. The molecule has 2 unspecified atom stereocenters. The zero-order chi connectivity index (χ0) is 42.7. The Balaban J connectivity index is 4.27. The van der Waals surface area contributed by atoms with E-state index in [1.165, 1.54) is 109 Å². The van der Waals surface area contributed by atoms with Gasteiger partial charge in [-0.15, -0.1) is 0 Å². The van der Waals surface area contributed by atoms with Crippen LogP contribution in [0.25, 0.3) is 0 Å². The maximum absolute atomic E-state index is 12.7. The molecule has 9 heteroatoms. The average molecular weight is 836 g/mol. The van der Waals surface area contributed by atoms with Crippen molar-refractivity contribution in [1.29, 1.82) is 0 Å². The fraction of sp³-hybridized carbons (Fsp3) is 0.776. The number of unbranched alkanes of at least 4 members (excludes halogenated alkanes) is 19. The van der Waals surface area contributed by atoms with E-state index < -0.39 is 13.9 Å². The number of carbonyl (C=O) groups excluding carboxylic acids is 1. The minimum absolute atomic E-state index is 0.0143. The monoisotopic (exact) mass is 836 g/mol. The van der Waals surface area contributed by atoms with E-state index in [4.69, 9.17) is 18.5 Å². The second-order valence-electron chi connectivity index (χ2n) is 16.7. The van der Waals surface area contributed by atoms with E-state index in [1.54, 1.807) is 0 Å². The van der Waals surface area contributed by atoms with Crippen LogP contribution in [0.5, 0.6) is 0 Å². The molecule has 8 nitrogen and oxygen atoms in total. The number of likely N-dealkylation sites (N-methyl/N-ethyl adjacent to an activating group) is 1. The summed E-state index contributed by atoms with van der Waals surface area (Å²) in [5, 5.41) is 0. The molecule has 0 spiro atoms. The molecule has 2 atom stereocenters.